The lowest BCUT2D eigenvalue weighted by molar-refractivity contribution is -0.120. The predicted octanol–water partition coefficient (Wildman–Crippen LogP) is 2.68. The van der Waals surface area contributed by atoms with Gasteiger partial charge in [-0.25, -0.2) is 0 Å². The largest absolute Gasteiger partial charge is 0.378 e. The average Bonchev–Trinajstić information content (AvgIpc) is 2.65. The van der Waals surface area contributed by atoms with Gasteiger partial charge >= 0.3 is 0 Å². The lowest BCUT2D eigenvalue weighted by Gasteiger charge is -2.14. The number of amides is 2. The first-order chi connectivity index (χ1) is 12.0. The second-order valence-corrected chi connectivity index (χ2v) is 6.06. The van der Waals surface area contributed by atoms with Crippen LogP contribution in [0.5, 0.6) is 0 Å². The molecule has 2 amide bonds. The molecular weight excluding hydrogens is 314 g/mol. The fourth-order valence-electron chi connectivity index (χ4n) is 2.48. The first-order valence-electron chi connectivity index (χ1n) is 8.38. The number of benzene rings is 2. The van der Waals surface area contributed by atoms with E-state index < -0.39 is 0 Å². The van der Waals surface area contributed by atoms with E-state index in [0.717, 1.165) is 16.8 Å². The summed E-state index contributed by atoms with van der Waals surface area (Å²) in [6.07, 6.45) is 1.03. The number of hydrogen-bond acceptors (Lipinski definition) is 3. The van der Waals surface area contributed by atoms with Crippen molar-refractivity contribution in [1.82, 2.24) is 10.6 Å². The molecule has 0 aliphatic heterocycles. The van der Waals surface area contributed by atoms with Gasteiger partial charge in [-0.15, -0.1) is 0 Å². The molecule has 25 heavy (non-hydrogen) atoms. The van der Waals surface area contributed by atoms with Crippen molar-refractivity contribution in [2.45, 2.75) is 12.8 Å². The van der Waals surface area contributed by atoms with Crippen molar-refractivity contribution < 1.29 is 9.59 Å². The summed E-state index contributed by atoms with van der Waals surface area (Å²) in [5.74, 6) is -0.139. The summed E-state index contributed by atoms with van der Waals surface area (Å²) in [7, 11) is 5.61. The Bertz CT molecular complexity index is 741. The Balaban J connectivity index is 2.04. The van der Waals surface area contributed by atoms with Gasteiger partial charge in [0.05, 0.1) is 0 Å². The van der Waals surface area contributed by atoms with E-state index in [0.29, 0.717) is 24.9 Å². The SMILES string of the molecule is CNC(=O)CCCNC(=O)c1cccc(-c2cccc(N(C)C)c2)c1. The molecule has 2 N–H and O–H groups in total. The molecule has 5 nitrogen and oxygen atoms in total. The zero-order chi connectivity index (χ0) is 18.2. The first kappa shape index (κ1) is 18.5. The molecule has 2 aromatic carbocycles. The molecule has 0 aliphatic carbocycles. The Morgan fingerprint density at radius 3 is 2.36 bits per heavy atom. The highest BCUT2D eigenvalue weighted by molar-refractivity contribution is 5.95. The minimum Gasteiger partial charge on any atom is -0.378 e. The van der Waals surface area contributed by atoms with Crippen LogP contribution in [0, 0.1) is 0 Å². The number of rotatable bonds is 7. The summed E-state index contributed by atoms with van der Waals surface area (Å²) in [4.78, 5) is 25.5. The van der Waals surface area contributed by atoms with Crippen LogP contribution in [0.2, 0.25) is 0 Å². The van der Waals surface area contributed by atoms with Crippen LogP contribution in [0.4, 0.5) is 5.69 Å². The molecule has 0 aromatic heterocycles. The zero-order valence-corrected chi connectivity index (χ0v) is 15.0. The molecule has 0 saturated heterocycles. The molecule has 0 saturated carbocycles. The van der Waals surface area contributed by atoms with E-state index in [2.05, 4.69) is 16.7 Å². The van der Waals surface area contributed by atoms with Gasteiger partial charge < -0.3 is 15.5 Å². The van der Waals surface area contributed by atoms with Crippen molar-refractivity contribution in [3.05, 3.63) is 54.1 Å². The minimum absolute atomic E-state index is 0.0166. The Labute approximate surface area is 149 Å². The molecule has 5 heteroatoms. The predicted molar refractivity (Wildman–Crippen MR) is 102 cm³/mol. The van der Waals surface area contributed by atoms with E-state index in [1.807, 2.05) is 55.4 Å². The van der Waals surface area contributed by atoms with Crippen LogP contribution in [0.3, 0.4) is 0 Å². The van der Waals surface area contributed by atoms with Crippen LogP contribution in [-0.2, 0) is 4.79 Å². The number of nitrogens with one attached hydrogen (secondary N) is 2. The lowest BCUT2D eigenvalue weighted by Crippen LogP contribution is -2.26. The molecule has 0 radical (unpaired) electrons. The monoisotopic (exact) mass is 339 g/mol. The number of carbonyl (C=O) groups is 2. The zero-order valence-electron chi connectivity index (χ0n) is 15.0. The van der Waals surface area contributed by atoms with Gasteiger partial charge in [-0.2, -0.15) is 0 Å². The van der Waals surface area contributed by atoms with Crippen molar-refractivity contribution in [3.8, 4) is 11.1 Å². The van der Waals surface area contributed by atoms with Crippen LogP contribution >= 0.6 is 0 Å². The molecule has 0 unspecified atom stereocenters. The van der Waals surface area contributed by atoms with Crippen LogP contribution in [0.1, 0.15) is 23.2 Å². The molecule has 2 aromatic rings. The molecule has 132 valence electrons. The van der Waals surface area contributed by atoms with Gasteiger partial charge in [-0.1, -0.05) is 24.3 Å². The quantitative estimate of drug-likeness (QED) is 0.763. The smallest absolute Gasteiger partial charge is 0.251 e. The molecule has 0 fully saturated rings. The van der Waals surface area contributed by atoms with Gasteiger partial charge in [-0.05, 0) is 41.8 Å². The number of hydrogen-bond donors (Lipinski definition) is 2. The Kier molecular flexibility index (Phi) is 6.57. The highest BCUT2D eigenvalue weighted by Crippen LogP contribution is 2.24. The van der Waals surface area contributed by atoms with E-state index in [1.165, 1.54) is 0 Å². The van der Waals surface area contributed by atoms with Crippen molar-refractivity contribution >= 4 is 17.5 Å². The van der Waals surface area contributed by atoms with Crippen molar-refractivity contribution in [2.75, 3.05) is 32.6 Å². The van der Waals surface area contributed by atoms with Crippen LogP contribution in [-0.4, -0.2) is 39.5 Å². The van der Waals surface area contributed by atoms with Crippen LogP contribution < -0.4 is 15.5 Å². The Morgan fingerprint density at radius 1 is 1.00 bits per heavy atom. The van der Waals surface area contributed by atoms with Gasteiger partial charge in [0.15, 0.2) is 0 Å². The summed E-state index contributed by atoms with van der Waals surface area (Å²) in [5.41, 5.74) is 3.80. The fourth-order valence-corrected chi connectivity index (χ4v) is 2.48. The van der Waals surface area contributed by atoms with E-state index in [9.17, 15) is 9.59 Å². The van der Waals surface area contributed by atoms with Gasteiger partial charge in [0.2, 0.25) is 5.91 Å². The molecule has 0 bridgehead atoms. The standard InChI is InChI=1S/C20H25N3O2/c1-21-19(24)11-6-12-22-20(25)17-9-4-7-15(13-17)16-8-5-10-18(14-16)23(2)3/h4-5,7-10,13-14H,6,11-12H2,1-3H3,(H,21,24)(H,22,25). The third kappa shape index (κ3) is 5.35. The molecule has 0 atom stereocenters. The molecular formula is C20H25N3O2. The summed E-state index contributed by atoms with van der Waals surface area (Å²) in [5, 5.41) is 5.43. The molecule has 0 aliphatic rings. The number of anilines is 1. The highest BCUT2D eigenvalue weighted by atomic mass is 16.2. The second kappa shape index (κ2) is 8.87. The van der Waals surface area contributed by atoms with E-state index in [1.54, 1.807) is 13.1 Å². The van der Waals surface area contributed by atoms with Crippen molar-refractivity contribution in [1.29, 1.82) is 0 Å². The maximum absolute atomic E-state index is 12.3. The summed E-state index contributed by atoms with van der Waals surface area (Å²) in [6.45, 7) is 0.479. The Hall–Kier alpha value is -2.82. The van der Waals surface area contributed by atoms with Gasteiger partial charge in [0, 0.05) is 45.4 Å². The summed E-state index contributed by atoms with van der Waals surface area (Å²) in [6, 6.07) is 15.8. The summed E-state index contributed by atoms with van der Waals surface area (Å²) >= 11 is 0. The average molecular weight is 339 g/mol. The topological polar surface area (TPSA) is 61.4 Å². The maximum atomic E-state index is 12.3. The normalized spacial score (nSPS) is 10.2. The van der Waals surface area contributed by atoms with E-state index in [4.69, 9.17) is 0 Å². The van der Waals surface area contributed by atoms with Crippen molar-refractivity contribution in [3.63, 3.8) is 0 Å². The third-order valence-electron chi connectivity index (χ3n) is 3.97. The minimum atomic E-state index is -0.123. The Morgan fingerprint density at radius 2 is 1.68 bits per heavy atom. The first-order valence-corrected chi connectivity index (χ1v) is 8.38. The number of nitrogens with zero attached hydrogens (tertiary/aromatic N) is 1. The van der Waals surface area contributed by atoms with Crippen LogP contribution in [0.15, 0.2) is 48.5 Å². The van der Waals surface area contributed by atoms with Gasteiger partial charge in [0.25, 0.3) is 5.91 Å². The third-order valence-corrected chi connectivity index (χ3v) is 3.97. The maximum Gasteiger partial charge on any atom is 0.251 e. The van der Waals surface area contributed by atoms with Crippen molar-refractivity contribution in [2.24, 2.45) is 0 Å². The summed E-state index contributed by atoms with van der Waals surface area (Å²) < 4.78 is 0. The van der Waals surface area contributed by atoms with Gasteiger partial charge in [0.1, 0.15) is 0 Å². The van der Waals surface area contributed by atoms with Crippen LogP contribution in [0.25, 0.3) is 11.1 Å². The number of carbonyl (C=O) groups excluding carboxylic acids is 2. The highest BCUT2D eigenvalue weighted by Gasteiger charge is 2.08. The lowest BCUT2D eigenvalue weighted by atomic mass is 10.0. The molecule has 2 rings (SSSR count). The van der Waals surface area contributed by atoms with E-state index >= 15 is 0 Å². The second-order valence-electron chi connectivity index (χ2n) is 6.06. The fraction of sp³-hybridized carbons (Fsp3) is 0.300. The van der Waals surface area contributed by atoms with E-state index in [-0.39, 0.29) is 11.8 Å². The van der Waals surface area contributed by atoms with Gasteiger partial charge in [-0.3, -0.25) is 9.59 Å². The molecule has 0 heterocycles. The molecule has 0 spiro atoms.